The third-order valence-corrected chi connectivity index (χ3v) is 3.25. The van der Waals surface area contributed by atoms with Gasteiger partial charge in [-0.3, -0.25) is 14.4 Å². The van der Waals surface area contributed by atoms with Crippen molar-refractivity contribution in [1.82, 2.24) is 5.32 Å². The molecule has 24 heavy (non-hydrogen) atoms. The molecule has 0 aliphatic carbocycles. The van der Waals surface area contributed by atoms with Crippen LogP contribution in [0.4, 0.5) is 5.69 Å². The Labute approximate surface area is 139 Å². The molecule has 6 heteroatoms. The van der Waals surface area contributed by atoms with Gasteiger partial charge >= 0.3 is 0 Å². The van der Waals surface area contributed by atoms with Gasteiger partial charge in [0.05, 0.1) is 0 Å². The van der Waals surface area contributed by atoms with Gasteiger partial charge in [0.1, 0.15) is 5.75 Å². The zero-order chi connectivity index (χ0) is 17.5. The first-order valence-electron chi connectivity index (χ1n) is 7.35. The highest BCUT2D eigenvalue weighted by Gasteiger charge is 2.08. The molecule has 2 rings (SSSR count). The molecule has 0 spiro atoms. The number of nitrogens with one attached hydrogen (secondary N) is 2. The van der Waals surface area contributed by atoms with Crippen LogP contribution in [-0.2, 0) is 4.79 Å². The molecule has 0 saturated heterocycles. The minimum Gasteiger partial charge on any atom is -0.484 e. The van der Waals surface area contributed by atoms with Crippen molar-refractivity contribution in [2.75, 3.05) is 19.0 Å². The molecular weight excluding hydrogens is 308 g/mol. The number of carbonyl (C=O) groups excluding carboxylic acids is 3. The average Bonchev–Trinajstić information content (AvgIpc) is 2.59. The van der Waals surface area contributed by atoms with Crippen LogP contribution in [0.2, 0.25) is 0 Å². The van der Waals surface area contributed by atoms with Crippen LogP contribution in [0.1, 0.15) is 27.6 Å². The van der Waals surface area contributed by atoms with Gasteiger partial charge in [0.2, 0.25) is 0 Å². The summed E-state index contributed by atoms with van der Waals surface area (Å²) in [6, 6.07) is 13.2. The fraction of sp³-hybridized carbons (Fsp3) is 0.167. The van der Waals surface area contributed by atoms with E-state index in [4.69, 9.17) is 4.74 Å². The van der Waals surface area contributed by atoms with Crippen LogP contribution in [0.15, 0.2) is 48.5 Å². The molecule has 0 unspecified atom stereocenters. The van der Waals surface area contributed by atoms with Crippen molar-refractivity contribution < 1.29 is 19.1 Å². The Morgan fingerprint density at radius 1 is 1.00 bits per heavy atom. The standard InChI is InChI=1S/C18H18N2O4/c1-12(21)13-5-4-8-16(10-13)24-11-17(22)20-15-7-3-6-14(9-15)18(23)19-2/h3-10H,11H2,1-2H3,(H,19,23)(H,20,22). The maximum absolute atomic E-state index is 12.0. The Kier molecular flexibility index (Phi) is 5.68. The number of amides is 2. The molecular formula is C18H18N2O4. The molecule has 2 N–H and O–H groups in total. The fourth-order valence-corrected chi connectivity index (χ4v) is 2.03. The first kappa shape index (κ1) is 17.2. The van der Waals surface area contributed by atoms with Crippen LogP contribution in [0, 0.1) is 0 Å². The lowest BCUT2D eigenvalue weighted by Crippen LogP contribution is -2.21. The van der Waals surface area contributed by atoms with E-state index < -0.39 is 0 Å². The largest absolute Gasteiger partial charge is 0.484 e. The lowest BCUT2D eigenvalue weighted by atomic mass is 10.1. The maximum Gasteiger partial charge on any atom is 0.262 e. The molecule has 2 aromatic carbocycles. The Morgan fingerprint density at radius 2 is 1.71 bits per heavy atom. The van der Waals surface area contributed by atoms with Crippen LogP contribution in [0.3, 0.4) is 0 Å². The number of rotatable bonds is 6. The van der Waals surface area contributed by atoms with E-state index in [0.717, 1.165) is 0 Å². The third-order valence-electron chi connectivity index (χ3n) is 3.25. The van der Waals surface area contributed by atoms with Crippen molar-refractivity contribution in [3.63, 3.8) is 0 Å². The number of ether oxygens (including phenoxy) is 1. The minimum atomic E-state index is -0.364. The van der Waals surface area contributed by atoms with E-state index in [2.05, 4.69) is 10.6 Å². The molecule has 0 aliphatic heterocycles. The summed E-state index contributed by atoms with van der Waals surface area (Å²) in [6.45, 7) is 1.26. The van der Waals surface area contributed by atoms with Crippen LogP contribution in [0.25, 0.3) is 0 Å². The number of hydrogen-bond acceptors (Lipinski definition) is 4. The van der Waals surface area contributed by atoms with Gasteiger partial charge in [0, 0.05) is 23.9 Å². The Morgan fingerprint density at radius 3 is 2.42 bits per heavy atom. The summed E-state index contributed by atoms with van der Waals surface area (Å²) in [4.78, 5) is 34.8. The summed E-state index contributed by atoms with van der Waals surface area (Å²) < 4.78 is 5.39. The van der Waals surface area contributed by atoms with Crippen molar-refractivity contribution in [2.45, 2.75) is 6.92 Å². The second kappa shape index (κ2) is 7.92. The molecule has 2 amide bonds. The molecule has 0 bridgehead atoms. The highest BCUT2D eigenvalue weighted by Crippen LogP contribution is 2.14. The number of anilines is 1. The van der Waals surface area contributed by atoms with Crippen molar-refractivity contribution in [3.05, 3.63) is 59.7 Å². The van der Waals surface area contributed by atoms with Crippen LogP contribution in [-0.4, -0.2) is 31.3 Å². The van der Waals surface area contributed by atoms with E-state index in [0.29, 0.717) is 22.6 Å². The van der Waals surface area contributed by atoms with E-state index in [9.17, 15) is 14.4 Å². The molecule has 124 valence electrons. The van der Waals surface area contributed by atoms with Crippen LogP contribution < -0.4 is 15.4 Å². The molecule has 0 saturated carbocycles. The molecule has 2 aromatic rings. The quantitative estimate of drug-likeness (QED) is 0.798. The van der Waals surface area contributed by atoms with Gasteiger partial charge in [-0.05, 0) is 37.3 Å². The molecule has 0 aromatic heterocycles. The smallest absolute Gasteiger partial charge is 0.262 e. The second-order valence-electron chi connectivity index (χ2n) is 5.08. The molecule has 0 atom stereocenters. The van der Waals surface area contributed by atoms with Gasteiger partial charge in [0.25, 0.3) is 11.8 Å². The van der Waals surface area contributed by atoms with Crippen LogP contribution in [0.5, 0.6) is 5.75 Å². The number of benzene rings is 2. The predicted octanol–water partition coefficient (Wildman–Crippen LogP) is 2.27. The van der Waals surface area contributed by atoms with Gasteiger partial charge in [0.15, 0.2) is 12.4 Å². The van der Waals surface area contributed by atoms with Crippen molar-refractivity contribution in [3.8, 4) is 5.75 Å². The second-order valence-corrected chi connectivity index (χ2v) is 5.08. The highest BCUT2D eigenvalue weighted by atomic mass is 16.5. The lowest BCUT2D eigenvalue weighted by Gasteiger charge is -2.09. The SMILES string of the molecule is CNC(=O)c1cccc(NC(=O)COc2cccc(C(C)=O)c2)c1. The summed E-state index contributed by atoms with van der Waals surface area (Å²) >= 11 is 0. The average molecular weight is 326 g/mol. The topological polar surface area (TPSA) is 84.5 Å². The van der Waals surface area contributed by atoms with E-state index in [1.807, 2.05) is 0 Å². The molecule has 0 fully saturated rings. The Hall–Kier alpha value is -3.15. The summed E-state index contributed by atoms with van der Waals surface area (Å²) in [5.41, 5.74) is 1.47. The number of carbonyl (C=O) groups is 3. The Bertz CT molecular complexity index is 771. The van der Waals surface area contributed by atoms with E-state index in [-0.39, 0.29) is 24.2 Å². The van der Waals surface area contributed by atoms with Gasteiger partial charge < -0.3 is 15.4 Å². The fourth-order valence-electron chi connectivity index (χ4n) is 2.03. The minimum absolute atomic E-state index is 0.0732. The summed E-state index contributed by atoms with van der Waals surface area (Å²) in [5, 5.41) is 5.18. The van der Waals surface area contributed by atoms with Crippen molar-refractivity contribution >= 4 is 23.3 Å². The first-order chi connectivity index (χ1) is 11.5. The van der Waals surface area contributed by atoms with Gasteiger partial charge in [-0.1, -0.05) is 18.2 Å². The van der Waals surface area contributed by atoms with Gasteiger partial charge in [-0.2, -0.15) is 0 Å². The van der Waals surface area contributed by atoms with E-state index in [1.165, 1.54) is 14.0 Å². The van der Waals surface area contributed by atoms with Crippen molar-refractivity contribution in [1.29, 1.82) is 0 Å². The summed E-state index contributed by atoms with van der Waals surface area (Å²) in [6.07, 6.45) is 0. The monoisotopic (exact) mass is 326 g/mol. The lowest BCUT2D eigenvalue weighted by molar-refractivity contribution is -0.118. The summed E-state index contributed by atoms with van der Waals surface area (Å²) in [5.74, 6) is -0.228. The summed E-state index contributed by atoms with van der Waals surface area (Å²) in [7, 11) is 1.54. The molecule has 0 aliphatic rings. The van der Waals surface area contributed by atoms with E-state index >= 15 is 0 Å². The normalized spacial score (nSPS) is 9.92. The third kappa shape index (κ3) is 4.67. The molecule has 0 radical (unpaired) electrons. The maximum atomic E-state index is 12.0. The van der Waals surface area contributed by atoms with Gasteiger partial charge in [-0.15, -0.1) is 0 Å². The Balaban J connectivity index is 1.95. The number of hydrogen-bond donors (Lipinski definition) is 2. The predicted molar refractivity (Wildman–Crippen MR) is 90.4 cm³/mol. The molecule has 0 heterocycles. The van der Waals surface area contributed by atoms with Crippen LogP contribution >= 0.6 is 0 Å². The zero-order valence-corrected chi connectivity index (χ0v) is 13.5. The van der Waals surface area contributed by atoms with E-state index in [1.54, 1.807) is 48.5 Å². The molecule has 6 nitrogen and oxygen atoms in total. The van der Waals surface area contributed by atoms with Crippen molar-refractivity contribution in [2.24, 2.45) is 0 Å². The highest BCUT2D eigenvalue weighted by molar-refractivity contribution is 5.97. The van der Waals surface area contributed by atoms with Gasteiger partial charge in [-0.25, -0.2) is 0 Å². The number of Topliss-reactive ketones (excluding diaryl/α,β-unsaturated/α-hetero) is 1. The number of ketones is 1. The zero-order valence-electron chi connectivity index (χ0n) is 13.5. The first-order valence-corrected chi connectivity index (χ1v) is 7.35.